The molecule has 0 radical (unpaired) electrons. The van der Waals surface area contributed by atoms with E-state index in [4.69, 9.17) is 9.26 Å². The predicted octanol–water partition coefficient (Wildman–Crippen LogP) is 0.528. The van der Waals surface area contributed by atoms with Gasteiger partial charge >= 0.3 is 0 Å². The van der Waals surface area contributed by atoms with Gasteiger partial charge in [0.25, 0.3) is 11.4 Å². The number of carbonyl (C=O) groups is 1. The van der Waals surface area contributed by atoms with E-state index >= 15 is 0 Å². The average molecular weight is 330 g/mol. The fraction of sp³-hybridized carbons (Fsp3) is 0.500. The van der Waals surface area contributed by atoms with Crippen LogP contribution in [0, 0.1) is 12.8 Å². The molecule has 4 heterocycles. The van der Waals surface area contributed by atoms with Crippen molar-refractivity contribution in [3.05, 3.63) is 46.5 Å². The zero-order valence-electron chi connectivity index (χ0n) is 13.3. The standard InChI is InChI=1S/C16H18N4O4/c1-10-17-16(24-18-10)12-6-11-7-20(8-13(11)23-12)15(22)9-19-5-3-2-4-14(19)21/h2-5,11-13H,6-9H2,1H3/t11-,12-,13+/m0/s1. The Kier molecular flexibility index (Phi) is 3.68. The number of hydrogen-bond donors (Lipinski definition) is 0. The highest BCUT2D eigenvalue weighted by atomic mass is 16.5. The highest BCUT2D eigenvalue weighted by molar-refractivity contribution is 5.76. The van der Waals surface area contributed by atoms with E-state index in [1.54, 1.807) is 30.2 Å². The van der Waals surface area contributed by atoms with Gasteiger partial charge < -0.3 is 18.7 Å². The van der Waals surface area contributed by atoms with E-state index in [1.165, 1.54) is 10.6 Å². The minimum absolute atomic E-state index is 0.0151. The van der Waals surface area contributed by atoms with Gasteiger partial charge in [0.1, 0.15) is 12.6 Å². The second kappa shape index (κ2) is 5.86. The van der Waals surface area contributed by atoms with Gasteiger partial charge in [-0.25, -0.2) is 0 Å². The van der Waals surface area contributed by atoms with Crippen molar-refractivity contribution in [3.8, 4) is 0 Å². The Balaban J connectivity index is 1.38. The molecule has 0 N–H and O–H groups in total. The molecule has 8 nitrogen and oxygen atoms in total. The summed E-state index contributed by atoms with van der Waals surface area (Å²) < 4.78 is 12.6. The van der Waals surface area contributed by atoms with E-state index in [9.17, 15) is 9.59 Å². The first kappa shape index (κ1) is 15.1. The Hall–Kier alpha value is -2.48. The van der Waals surface area contributed by atoms with Crippen molar-refractivity contribution in [3.63, 3.8) is 0 Å². The lowest BCUT2D eigenvalue weighted by molar-refractivity contribution is -0.131. The largest absolute Gasteiger partial charge is 0.363 e. The van der Waals surface area contributed by atoms with Crippen LogP contribution in [0.15, 0.2) is 33.7 Å². The van der Waals surface area contributed by atoms with Gasteiger partial charge in [0.15, 0.2) is 5.82 Å². The van der Waals surface area contributed by atoms with E-state index in [0.717, 1.165) is 6.42 Å². The van der Waals surface area contributed by atoms with Gasteiger partial charge in [-0.15, -0.1) is 0 Å². The zero-order valence-corrected chi connectivity index (χ0v) is 13.3. The summed E-state index contributed by atoms with van der Waals surface area (Å²) in [5.74, 6) is 1.30. The third-order valence-corrected chi connectivity index (χ3v) is 4.61. The van der Waals surface area contributed by atoms with E-state index in [2.05, 4.69) is 10.1 Å². The summed E-state index contributed by atoms with van der Waals surface area (Å²) in [7, 11) is 0. The molecule has 0 aliphatic carbocycles. The molecule has 2 aromatic rings. The lowest BCUT2D eigenvalue weighted by atomic mass is 10.0. The van der Waals surface area contributed by atoms with E-state index < -0.39 is 0 Å². The third-order valence-electron chi connectivity index (χ3n) is 4.61. The molecule has 1 amide bonds. The van der Waals surface area contributed by atoms with Crippen molar-refractivity contribution >= 4 is 5.91 Å². The van der Waals surface area contributed by atoms with Gasteiger partial charge in [0.2, 0.25) is 5.91 Å². The summed E-state index contributed by atoms with van der Waals surface area (Å²) in [6.45, 7) is 3.00. The van der Waals surface area contributed by atoms with Crippen LogP contribution in [-0.2, 0) is 16.1 Å². The maximum Gasteiger partial charge on any atom is 0.255 e. The van der Waals surface area contributed by atoms with Crippen molar-refractivity contribution in [2.75, 3.05) is 13.1 Å². The minimum Gasteiger partial charge on any atom is -0.363 e. The Morgan fingerprint density at radius 1 is 1.38 bits per heavy atom. The summed E-state index contributed by atoms with van der Waals surface area (Å²) in [4.78, 5) is 30.1. The lowest BCUT2D eigenvalue weighted by Gasteiger charge is -2.19. The number of likely N-dealkylation sites (tertiary alicyclic amines) is 1. The zero-order chi connectivity index (χ0) is 16.7. The molecule has 2 saturated heterocycles. The number of rotatable bonds is 3. The molecule has 2 aromatic heterocycles. The van der Waals surface area contributed by atoms with E-state index in [-0.39, 0.29) is 36.1 Å². The number of pyridine rings is 1. The number of fused-ring (bicyclic) bond motifs is 1. The first-order valence-electron chi connectivity index (χ1n) is 7.99. The molecule has 8 heteroatoms. The SMILES string of the molecule is Cc1noc([C@@H]2C[C@H]3CN(C(=O)Cn4ccccc4=O)C[C@H]3O2)n1. The summed E-state index contributed by atoms with van der Waals surface area (Å²) >= 11 is 0. The maximum absolute atomic E-state index is 12.4. The Bertz CT molecular complexity index is 800. The van der Waals surface area contributed by atoms with Crippen molar-refractivity contribution in [2.24, 2.45) is 5.92 Å². The van der Waals surface area contributed by atoms with Crippen molar-refractivity contribution in [2.45, 2.75) is 32.1 Å². The normalized spacial score (nSPS) is 25.9. The fourth-order valence-corrected chi connectivity index (χ4v) is 3.41. The molecule has 126 valence electrons. The first-order valence-corrected chi connectivity index (χ1v) is 7.99. The molecule has 3 atom stereocenters. The molecule has 0 unspecified atom stereocenters. The smallest absolute Gasteiger partial charge is 0.255 e. The molecular weight excluding hydrogens is 312 g/mol. The van der Waals surface area contributed by atoms with Gasteiger partial charge in [-0.3, -0.25) is 9.59 Å². The quantitative estimate of drug-likeness (QED) is 0.815. The second-order valence-electron chi connectivity index (χ2n) is 6.30. The second-order valence-corrected chi connectivity index (χ2v) is 6.30. The van der Waals surface area contributed by atoms with Crippen LogP contribution in [0.25, 0.3) is 0 Å². The van der Waals surface area contributed by atoms with Crippen molar-refractivity contribution < 1.29 is 14.1 Å². The van der Waals surface area contributed by atoms with Crippen LogP contribution in [-0.4, -0.2) is 44.7 Å². The van der Waals surface area contributed by atoms with Gasteiger partial charge in [-0.05, 0) is 19.4 Å². The molecule has 0 saturated carbocycles. The summed E-state index contributed by atoms with van der Waals surface area (Å²) in [5.41, 5.74) is -0.173. The van der Waals surface area contributed by atoms with Gasteiger partial charge in [0.05, 0.1) is 6.10 Å². The number of amides is 1. The van der Waals surface area contributed by atoms with Crippen LogP contribution in [0.3, 0.4) is 0 Å². The molecule has 4 rings (SSSR count). The van der Waals surface area contributed by atoms with Crippen LogP contribution in [0.5, 0.6) is 0 Å². The predicted molar refractivity (Wildman–Crippen MR) is 82.0 cm³/mol. The maximum atomic E-state index is 12.4. The van der Waals surface area contributed by atoms with Gasteiger partial charge in [-0.2, -0.15) is 4.98 Å². The van der Waals surface area contributed by atoms with E-state index in [1.807, 2.05) is 0 Å². The number of aromatic nitrogens is 3. The van der Waals surface area contributed by atoms with Crippen LogP contribution < -0.4 is 5.56 Å². The minimum atomic E-state index is -0.185. The third kappa shape index (κ3) is 2.73. The first-order chi connectivity index (χ1) is 11.6. The molecule has 2 aliphatic heterocycles. The number of aryl methyl sites for hydroxylation is 1. The van der Waals surface area contributed by atoms with E-state index in [0.29, 0.717) is 24.8 Å². The molecular formula is C16H18N4O4. The van der Waals surface area contributed by atoms with Crippen LogP contribution in [0.2, 0.25) is 0 Å². The number of carbonyl (C=O) groups excluding carboxylic acids is 1. The topological polar surface area (TPSA) is 90.5 Å². The Morgan fingerprint density at radius 3 is 2.96 bits per heavy atom. The number of hydrogen-bond acceptors (Lipinski definition) is 6. The molecule has 0 spiro atoms. The molecule has 2 fully saturated rings. The highest BCUT2D eigenvalue weighted by Gasteiger charge is 2.45. The molecule has 24 heavy (non-hydrogen) atoms. The fourth-order valence-electron chi connectivity index (χ4n) is 3.41. The van der Waals surface area contributed by atoms with Gasteiger partial charge in [-0.1, -0.05) is 11.2 Å². The highest BCUT2D eigenvalue weighted by Crippen LogP contribution is 2.40. The Morgan fingerprint density at radius 2 is 2.25 bits per heavy atom. The molecule has 0 bridgehead atoms. The van der Waals surface area contributed by atoms with Crippen LogP contribution >= 0.6 is 0 Å². The molecule has 2 aliphatic rings. The number of nitrogens with zero attached hydrogens (tertiary/aromatic N) is 4. The van der Waals surface area contributed by atoms with Gasteiger partial charge in [0, 0.05) is 31.3 Å². The monoisotopic (exact) mass is 330 g/mol. The molecule has 0 aromatic carbocycles. The van der Waals surface area contributed by atoms with Crippen LogP contribution in [0.1, 0.15) is 24.2 Å². The van der Waals surface area contributed by atoms with Crippen molar-refractivity contribution in [1.29, 1.82) is 0 Å². The summed E-state index contributed by atoms with van der Waals surface area (Å²) in [5, 5.41) is 3.79. The summed E-state index contributed by atoms with van der Waals surface area (Å²) in [6.07, 6.45) is 2.19. The van der Waals surface area contributed by atoms with Crippen LogP contribution in [0.4, 0.5) is 0 Å². The Labute approximate surface area is 138 Å². The lowest BCUT2D eigenvalue weighted by Crippen LogP contribution is -2.35. The number of ether oxygens (including phenoxy) is 1. The van der Waals surface area contributed by atoms with Crippen molar-refractivity contribution in [1.82, 2.24) is 19.6 Å². The summed E-state index contributed by atoms with van der Waals surface area (Å²) in [6, 6.07) is 4.86. The average Bonchev–Trinajstić information content (AvgIpc) is 3.23.